The van der Waals surface area contributed by atoms with Crippen LogP contribution in [-0.4, -0.2) is 31.7 Å². The van der Waals surface area contributed by atoms with Crippen molar-refractivity contribution in [3.63, 3.8) is 0 Å². The fraction of sp³-hybridized carbons (Fsp3) is 0.235. The Hall–Kier alpha value is -1.84. The summed E-state index contributed by atoms with van der Waals surface area (Å²) in [5.74, 6) is -2.36. The highest BCUT2D eigenvalue weighted by Crippen LogP contribution is 2.23. The molecular formula is C17H17BrF2N2O3S. The second kappa shape index (κ2) is 8.24. The summed E-state index contributed by atoms with van der Waals surface area (Å²) in [6.07, 6.45) is 0. The first kappa shape index (κ1) is 20.5. The lowest BCUT2D eigenvalue weighted by atomic mass is 10.2. The molecule has 0 atom stereocenters. The van der Waals surface area contributed by atoms with E-state index in [1.807, 2.05) is 0 Å². The number of anilines is 1. The van der Waals surface area contributed by atoms with Crippen molar-refractivity contribution in [3.8, 4) is 0 Å². The van der Waals surface area contributed by atoms with Crippen LogP contribution in [-0.2, 0) is 10.0 Å². The highest BCUT2D eigenvalue weighted by atomic mass is 79.9. The molecule has 0 fully saturated rings. The monoisotopic (exact) mass is 446 g/mol. The molecule has 0 saturated carbocycles. The molecule has 9 heteroatoms. The minimum absolute atomic E-state index is 0.0734. The maximum absolute atomic E-state index is 14.1. The van der Waals surface area contributed by atoms with Crippen LogP contribution in [0.5, 0.6) is 0 Å². The first-order chi connectivity index (χ1) is 12.2. The molecule has 0 bridgehead atoms. The Morgan fingerprint density at radius 2 is 1.73 bits per heavy atom. The third-order valence-corrected chi connectivity index (χ3v) is 6.25. The number of sulfonamides is 1. The van der Waals surface area contributed by atoms with Crippen LogP contribution >= 0.6 is 15.9 Å². The van der Waals surface area contributed by atoms with Crippen molar-refractivity contribution in [2.45, 2.75) is 18.7 Å². The largest absolute Gasteiger partial charge is 0.319 e. The van der Waals surface area contributed by atoms with E-state index < -0.39 is 32.5 Å². The van der Waals surface area contributed by atoms with Crippen molar-refractivity contribution in [1.29, 1.82) is 0 Å². The summed E-state index contributed by atoms with van der Waals surface area (Å²) in [5.41, 5.74) is -0.171. The van der Waals surface area contributed by atoms with Gasteiger partial charge in [-0.25, -0.2) is 17.2 Å². The summed E-state index contributed by atoms with van der Waals surface area (Å²) >= 11 is 3.11. The molecule has 0 unspecified atom stereocenters. The third kappa shape index (κ3) is 4.28. The fourth-order valence-electron chi connectivity index (χ4n) is 2.33. The van der Waals surface area contributed by atoms with Crippen molar-refractivity contribution in [2.75, 3.05) is 18.4 Å². The van der Waals surface area contributed by atoms with Gasteiger partial charge in [-0.05, 0) is 36.4 Å². The summed E-state index contributed by atoms with van der Waals surface area (Å²) in [6.45, 7) is 3.59. The molecule has 0 aliphatic heterocycles. The van der Waals surface area contributed by atoms with Gasteiger partial charge in [0.05, 0.1) is 5.69 Å². The second-order valence-electron chi connectivity index (χ2n) is 5.31. The van der Waals surface area contributed by atoms with Gasteiger partial charge >= 0.3 is 0 Å². The van der Waals surface area contributed by atoms with Gasteiger partial charge in [0.1, 0.15) is 16.5 Å². The van der Waals surface area contributed by atoms with Crippen molar-refractivity contribution >= 4 is 37.5 Å². The zero-order chi connectivity index (χ0) is 19.5. The van der Waals surface area contributed by atoms with E-state index in [1.54, 1.807) is 19.9 Å². The highest BCUT2D eigenvalue weighted by Gasteiger charge is 2.26. The standard InChI is InChI=1S/C17H17BrF2N2O3S/c1-3-22(4-2)26(24,25)16-9-11(5-7-13(16)19)17(23)21-15-8-6-12(18)10-14(15)20/h5-10H,3-4H2,1-2H3,(H,21,23). The molecule has 0 aliphatic carbocycles. The Balaban J connectivity index is 2.38. The van der Waals surface area contributed by atoms with E-state index >= 15 is 0 Å². The molecule has 0 spiro atoms. The Morgan fingerprint density at radius 1 is 1.08 bits per heavy atom. The SMILES string of the molecule is CCN(CC)S(=O)(=O)c1cc(C(=O)Nc2ccc(Br)cc2F)ccc1F. The number of amides is 1. The molecule has 2 aromatic carbocycles. The fourth-order valence-corrected chi connectivity index (χ4v) is 4.21. The van der Waals surface area contributed by atoms with Crippen LogP contribution in [0.15, 0.2) is 45.8 Å². The predicted octanol–water partition coefficient (Wildman–Crippen LogP) is 4.01. The summed E-state index contributed by atoms with van der Waals surface area (Å²) in [6, 6.07) is 7.07. The first-order valence-corrected chi connectivity index (χ1v) is 10.00. The van der Waals surface area contributed by atoms with E-state index in [-0.39, 0.29) is 24.3 Å². The van der Waals surface area contributed by atoms with Crippen LogP contribution in [0.4, 0.5) is 14.5 Å². The number of benzene rings is 2. The normalized spacial score (nSPS) is 11.6. The Morgan fingerprint density at radius 3 is 2.31 bits per heavy atom. The zero-order valence-corrected chi connectivity index (χ0v) is 16.5. The molecule has 0 heterocycles. The number of carbonyl (C=O) groups excluding carboxylic acids is 1. The third-order valence-electron chi connectivity index (χ3n) is 3.70. The molecule has 1 amide bonds. The Kier molecular flexibility index (Phi) is 6.48. The molecule has 26 heavy (non-hydrogen) atoms. The summed E-state index contributed by atoms with van der Waals surface area (Å²) in [7, 11) is -4.08. The number of nitrogens with one attached hydrogen (secondary N) is 1. The number of halogens is 3. The van der Waals surface area contributed by atoms with Gasteiger partial charge in [-0.3, -0.25) is 4.79 Å². The molecular weight excluding hydrogens is 430 g/mol. The predicted molar refractivity (Wildman–Crippen MR) is 98.6 cm³/mol. The molecule has 0 aliphatic rings. The van der Waals surface area contributed by atoms with Crippen molar-refractivity contribution in [1.82, 2.24) is 4.31 Å². The molecule has 2 rings (SSSR count). The molecule has 0 radical (unpaired) electrons. The van der Waals surface area contributed by atoms with Gasteiger partial charge in [-0.1, -0.05) is 29.8 Å². The van der Waals surface area contributed by atoms with E-state index in [9.17, 15) is 22.0 Å². The summed E-state index contributed by atoms with van der Waals surface area (Å²) in [5, 5.41) is 2.34. The molecule has 140 valence electrons. The maximum Gasteiger partial charge on any atom is 0.255 e. The first-order valence-electron chi connectivity index (χ1n) is 7.76. The van der Waals surface area contributed by atoms with E-state index in [1.165, 1.54) is 12.1 Å². The minimum atomic E-state index is -4.08. The van der Waals surface area contributed by atoms with E-state index in [0.29, 0.717) is 4.47 Å². The van der Waals surface area contributed by atoms with Crippen LogP contribution in [0.2, 0.25) is 0 Å². The van der Waals surface area contributed by atoms with Gasteiger partial charge < -0.3 is 5.32 Å². The maximum atomic E-state index is 14.1. The Labute approximate surface area is 159 Å². The Bertz CT molecular complexity index is 932. The number of hydrogen-bond acceptors (Lipinski definition) is 3. The molecule has 5 nitrogen and oxygen atoms in total. The number of hydrogen-bond donors (Lipinski definition) is 1. The van der Waals surface area contributed by atoms with Crippen LogP contribution in [0.3, 0.4) is 0 Å². The van der Waals surface area contributed by atoms with Gasteiger partial charge in [0, 0.05) is 23.1 Å². The molecule has 2 aromatic rings. The summed E-state index contributed by atoms with van der Waals surface area (Å²) in [4.78, 5) is 11.7. The minimum Gasteiger partial charge on any atom is -0.319 e. The molecule has 0 saturated heterocycles. The van der Waals surface area contributed by atoms with Crippen molar-refractivity contribution in [3.05, 3.63) is 58.1 Å². The highest BCUT2D eigenvalue weighted by molar-refractivity contribution is 9.10. The van der Waals surface area contributed by atoms with Crippen LogP contribution in [0.25, 0.3) is 0 Å². The topological polar surface area (TPSA) is 66.5 Å². The van der Waals surface area contributed by atoms with Crippen LogP contribution in [0.1, 0.15) is 24.2 Å². The average Bonchev–Trinajstić information content (AvgIpc) is 2.58. The average molecular weight is 447 g/mol. The zero-order valence-electron chi connectivity index (χ0n) is 14.1. The smallest absolute Gasteiger partial charge is 0.255 e. The van der Waals surface area contributed by atoms with Gasteiger partial charge in [-0.2, -0.15) is 4.31 Å². The van der Waals surface area contributed by atoms with E-state index in [0.717, 1.165) is 22.5 Å². The van der Waals surface area contributed by atoms with E-state index in [2.05, 4.69) is 21.2 Å². The lowest BCUT2D eigenvalue weighted by Gasteiger charge is -2.19. The van der Waals surface area contributed by atoms with Gasteiger partial charge in [0.25, 0.3) is 5.91 Å². The second-order valence-corrected chi connectivity index (χ2v) is 8.13. The number of rotatable bonds is 6. The van der Waals surface area contributed by atoms with Gasteiger partial charge in [-0.15, -0.1) is 0 Å². The van der Waals surface area contributed by atoms with Crippen molar-refractivity contribution in [2.24, 2.45) is 0 Å². The van der Waals surface area contributed by atoms with Crippen molar-refractivity contribution < 1.29 is 22.0 Å². The van der Waals surface area contributed by atoms with Gasteiger partial charge in [0.2, 0.25) is 10.0 Å². The number of carbonyl (C=O) groups is 1. The van der Waals surface area contributed by atoms with Crippen LogP contribution < -0.4 is 5.32 Å². The quantitative estimate of drug-likeness (QED) is 0.728. The molecule has 0 aromatic heterocycles. The molecule has 1 N–H and O–H groups in total. The van der Waals surface area contributed by atoms with Crippen LogP contribution in [0, 0.1) is 11.6 Å². The van der Waals surface area contributed by atoms with Gasteiger partial charge in [0.15, 0.2) is 0 Å². The van der Waals surface area contributed by atoms with E-state index in [4.69, 9.17) is 0 Å². The lowest BCUT2D eigenvalue weighted by Crippen LogP contribution is -2.31. The number of nitrogens with zero attached hydrogens (tertiary/aromatic N) is 1. The summed E-state index contributed by atoms with van der Waals surface area (Å²) < 4.78 is 54.6. The lowest BCUT2D eigenvalue weighted by molar-refractivity contribution is 0.102.